The van der Waals surface area contributed by atoms with Crippen molar-refractivity contribution in [3.05, 3.63) is 23.8 Å². The van der Waals surface area contributed by atoms with Crippen LogP contribution in [0.5, 0.6) is 5.75 Å². The van der Waals surface area contributed by atoms with Gasteiger partial charge in [0, 0.05) is 38.6 Å². The summed E-state index contributed by atoms with van der Waals surface area (Å²) in [5.74, 6) is -0.740. The number of nitrogens with zero attached hydrogens (tertiary/aromatic N) is 2. The SMILES string of the molecule is C[C@H](CO)N1C[C@H](C)[C@H](CN(C)S(C)(=O)=O)Oc2c(NC(=O)C3CCOCC3)cccc2C1=O. The normalized spacial score (nSPS) is 23.0. The molecule has 2 heterocycles. The molecule has 1 saturated heterocycles. The lowest BCUT2D eigenvalue weighted by atomic mass is 9.98. The molecule has 0 unspecified atom stereocenters. The van der Waals surface area contributed by atoms with Crippen molar-refractivity contribution in [1.29, 1.82) is 0 Å². The zero-order valence-electron chi connectivity index (χ0n) is 20.2. The fourth-order valence-electron chi connectivity index (χ4n) is 4.14. The van der Waals surface area contributed by atoms with Crippen LogP contribution in [0.4, 0.5) is 5.69 Å². The zero-order valence-corrected chi connectivity index (χ0v) is 21.0. The van der Waals surface area contributed by atoms with E-state index in [1.165, 1.54) is 11.4 Å². The van der Waals surface area contributed by atoms with Crippen LogP contribution >= 0.6 is 0 Å². The Labute approximate surface area is 201 Å². The Kier molecular flexibility index (Phi) is 8.56. The first-order chi connectivity index (χ1) is 16.0. The van der Waals surface area contributed by atoms with Crippen molar-refractivity contribution in [1.82, 2.24) is 9.21 Å². The van der Waals surface area contributed by atoms with E-state index in [1.54, 1.807) is 30.0 Å². The van der Waals surface area contributed by atoms with Gasteiger partial charge in [-0.2, -0.15) is 0 Å². The lowest BCUT2D eigenvalue weighted by Crippen LogP contribution is -2.50. The Morgan fingerprint density at radius 2 is 2.00 bits per heavy atom. The first kappa shape index (κ1) is 26.4. The topological polar surface area (TPSA) is 125 Å². The summed E-state index contributed by atoms with van der Waals surface area (Å²) < 4.78 is 37.0. The average Bonchev–Trinajstić information content (AvgIpc) is 2.81. The number of nitrogens with one attached hydrogen (secondary N) is 1. The highest BCUT2D eigenvalue weighted by molar-refractivity contribution is 7.88. The number of hydrogen-bond acceptors (Lipinski definition) is 7. The second-order valence-electron chi connectivity index (χ2n) is 9.22. The van der Waals surface area contributed by atoms with Gasteiger partial charge in [-0.25, -0.2) is 12.7 Å². The number of amides is 2. The van der Waals surface area contributed by atoms with Gasteiger partial charge in [-0.3, -0.25) is 9.59 Å². The number of hydrogen-bond donors (Lipinski definition) is 2. The van der Waals surface area contributed by atoms with E-state index in [2.05, 4.69) is 5.32 Å². The van der Waals surface area contributed by atoms with E-state index in [1.807, 2.05) is 6.92 Å². The monoisotopic (exact) mass is 497 g/mol. The lowest BCUT2D eigenvalue weighted by Gasteiger charge is -2.38. The van der Waals surface area contributed by atoms with Crippen molar-refractivity contribution in [2.45, 2.75) is 38.8 Å². The lowest BCUT2D eigenvalue weighted by molar-refractivity contribution is -0.122. The van der Waals surface area contributed by atoms with Gasteiger partial charge < -0.3 is 24.8 Å². The van der Waals surface area contributed by atoms with Crippen molar-refractivity contribution in [2.24, 2.45) is 11.8 Å². The summed E-state index contributed by atoms with van der Waals surface area (Å²) in [4.78, 5) is 28.0. The maximum Gasteiger partial charge on any atom is 0.258 e. The maximum absolute atomic E-state index is 13.5. The number of carbonyl (C=O) groups excluding carboxylic acids is 2. The first-order valence-corrected chi connectivity index (χ1v) is 13.4. The number of likely N-dealkylation sites (N-methyl/N-ethyl adjacent to an activating group) is 1. The van der Waals surface area contributed by atoms with Gasteiger partial charge in [-0.05, 0) is 31.9 Å². The van der Waals surface area contributed by atoms with Crippen LogP contribution in [-0.4, -0.2) is 92.9 Å². The molecule has 3 atom stereocenters. The number of carbonyl (C=O) groups is 2. The van der Waals surface area contributed by atoms with Crippen LogP contribution in [0.15, 0.2) is 18.2 Å². The molecule has 0 aliphatic carbocycles. The summed E-state index contributed by atoms with van der Waals surface area (Å²) in [6, 6.07) is 4.51. The highest BCUT2D eigenvalue weighted by atomic mass is 32.2. The van der Waals surface area contributed by atoms with Gasteiger partial charge in [0.05, 0.1) is 36.7 Å². The van der Waals surface area contributed by atoms with Crippen molar-refractivity contribution in [3.63, 3.8) is 0 Å². The van der Waals surface area contributed by atoms with E-state index < -0.39 is 22.2 Å². The van der Waals surface area contributed by atoms with Gasteiger partial charge in [-0.15, -0.1) is 0 Å². The second kappa shape index (κ2) is 11.0. The number of ether oxygens (including phenoxy) is 2. The summed E-state index contributed by atoms with van der Waals surface area (Å²) in [6.45, 7) is 4.79. The predicted molar refractivity (Wildman–Crippen MR) is 127 cm³/mol. The standard InChI is InChI=1S/C23H35N3O7S/c1-15-12-26(16(2)14-27)23(29)18-6-5-7-19(24-22(28)17-8-10-32-11-9-17)21(18)33-20(15)13-25(3)34(4,30)31/h5-7,15-17,20,27H,8-14H2,1-4H3,(H,24,28)/t15-,16+,20-/m0/s1. The zero-order chi connectivity index (χ0) is 25.0. The van der Waals surface area contributed by atoms with Crippen molar-refractivity contribution >= 4 is 27.5 Å². The number of sulfonamides is 1. The van der Waals surface area contributed by atoms with E-state index in [9.17, 15) is 23.1 Å². The summed E-state index contributed by atoms with van der Waals surface area (Å²) in [5, 5.41) is 12.7. The predicted octanol–water partition coefficient (Wildman–Crippen LogP) is 1.16. The van der Waals surface area contributed by atoms with Gasteiger partial charge in [-0.1, -0.05) is 13.0 Å². The van der Waals surface area contributed by atoms with Gasteiger partial charge in [0.1, 0.15) is 6.10 Å². The van der Waals surface area contributed by atoms with E-state index >= 15 is 0 Å². The number of aliphatic hydroxyl groups excluding tert-OH is 1. The summed E-state index contributed by atoms with van der Waals surface area (Å²) in [6.07, 6.45) is 1.75. The van der Waals surface area contributed by atoms with Gasteiger partial charge in [0.25, 0.3) is 5.91 Å². The minimum Gasteiger partial charge on any atom is -0.486 e. The molecule has 2 N–H and O–H groups in total. The molecule has 190 valence electrons. The minimum atomic E-state index is -3.46. The molecule has 2 amide bonds. The molecule has 0 saturated carbocycles. The quantitative estimate of drug-likeness (QED) is 0.579. The van der Waals surface area contributed by atoms with Crippen LogP contribution in [-0.2, 0) is 19.6 Å². The largest absolute Gasteiger partial charge is 0.486 e. The number of fused-ring (bicyclic) bond motifs is 1. The molecular weight excluding hydrogens is 462 g/mol. The Balaban J connectivity index is 2.00. The molecule has 11 heteroatoms. The van der Waals surface area contributed by atoms with Gasteiger partial charge in [0.15, 0.2) is 5.75 Å². The fraction of sp³-hybridized carbons (Fsp3) is 0.652. The molecule has 3 rings (SSSR count). The minimum absolute atomic E-state index is 0.0667. The highest BCUT2D eigenvalue weighted by Gasteiger charge is 2.35. The van der Waals surface area contributed by atoms with Crippen LogP contribution in [0, 0.1) is 11.8 Å². The third-order valence-corrected chi connectivity index (χ3v) is 7.83. The number of aliphatic hydroxyl groups is 1. The van der Waals surface area contributed by atoms with E-state index in [4.69, 9.17) is 9.47 Å². The molecular formula is C23H35N3O7S. The van der Waals surface area contributed by atoms with Crippen LogP contribution in [0.1, 0.15) is 37.0 Å². The molecule has 1 aromatic rings. The molecule has 0 bridgehead atoms. The summed E-state index contributed by atoms with van der Waals surface area (Å²) >= 11 is 0. The summed E-state index contributed by atoms with van der Waals surface area (Å²) in [5.41, 5.74) is 0.615. The van der Waals surface area contributed by atoms with E-state index in [-0.39, 0.29) is 54.7 Å². The summed E-state index contributed by atoms with van der Waals surface area (Å²) in [7, 11) is -1.99. The number of rotatable bonds is 7. The average molecular weight is 498 g/mol. The third kappa shape index (κ3) is 6.07. The second-order valence-corrected chi connectivity index (χ2v) is 11.3. The van der Waals surface area contributed by atoms with E-state index in [0.717, 1.165) is 6.26 Å². The van der Waals surface area contributed by atoms with Gasteiger partial charge >= 0.3 is 0 Å². The van der Waals surface area contributed by atoms with Crippen molar-refractivity contribution in [2.75, 3.05) is 51.5 Å². The molecule has 1 aromatic carbocycles. The Hall–Kier alpha value is -2.21. The molecule has 2 aliphatic rings. The van der Waals surface area contributed by atoms with Crippen LogP contribution in [0.25, 0.3) is 0 Å². The Morgan fingerprint density at radius 3 is 2.62 bits per heavy atom. The highest BCUT2D eigenvalue weighted by Crippen LogP contribution is 2.35. The Bertz CT molecular complexity index is 994. The smallest absolute Gasteiger partial charge is 0.258 e. The van der Waals surface area contributed by atoms with Crippen LogP contribution in [0.2, 0.25) is 0 Å². The van der Waals surface area contributed by atoms with Crippen molar-refractivity contribution < 1.29 is 32.6 Å². The number of para-hydroxylation sites is 1. The first-order valence-electron chi connectivity index (χ1n) is 11.5. The molecule has 34 heavy (non-hydrogen) atoms. The van der Waals surface area contributed by atoms with Crippen LogP contribution in [0.3, 0.4) is 0 Å². The van der Waals surface area contributed by atoms with Crippen molar-refractivity contribution in [3.8, 4) is 5.75 Å². The maximum atomic E-state index is 13.5. The molecule has 10 nitrogen and oxygen atoms in total. The molecule has 0 aromatic heterocycles. The molecule has 0 radical (unpaired) electrons. The van der Waals surface area contributed by atoms with E-state index in [0.29, 0.717) is 31.7 Å². The number of anilines is 1. The fourth-order valence-corrected chi connectivity index (χ4v) is 4.56. The third-order valence-electron chi connectivity index (χ3n) is 6.54. The van der Waals surface area contributed by atoms with Gasteiger partial charge in [0.2, 0.25) is 15.9 Å². The van der Waals surface area contributed by atoms with Crippen LogP contribution < -0.4 is 10.1 Å². The number of benzene rings is 1. The molecule has 1 fully saturated rings. The molecule has 0 spiro atoms. The Morgan fingerprint density at radius 1 is 1.32 bits per heavy atom. The molecule has 2 aliphatic heterocycles.